The van der Waals surface area contributed by atoms with Crippen LogP contribution in [0.15, 0.2) is 22.6 Å². The minimum atomic E-state index is -3.81. The van der Waals surface area contributed by atoms with Crippen LogP contribution in [0.4, 0.5) is 5.69 Å². The summed E-state index contributed by atoms with van der Waals surface area (Å²) in [6.07, 6.45) is 2.50. The largest absolute Gasteiger partial charge is 0.492 e. The van der Waals surface area contributed by atoms with Crippen molar-refractivity contribution in [1.29, 1.82) is 0 Å². The van der Waals surface area contributed by atoms with E-state index in [4.69, 9.17) is 10.5 Å². The molecular weight excluding hydrogens is 391 g/mol. The number of ether oxygens (including phenoxy) is 1. The third-order valence-electron chi connectivity index (χ3n) is 4.67. The zero-order valence-electron chi connectivity index (χ0n) is 16.6. The Morgan fingerprint density at radius 1 is 1.43 bits per heavy atom. The van der Waals surface area contributed by atoms with Crippen LogP contribution in [0, 0.1) is 11.8 Å². The van der Waals surface area contributed by atoms with Crippen molar-refractivity contribution in [3.63, 3.8) is 0 Å². The molecule has 0 unspecified atom stereocenters. The van der Waals surface area contributed by atoms with Crippen LogP contribution in [-0.4, -0.2) is 74.3 Å². The molecule has 8 nitrogen and oxygen atoms in total. The van der Waals surface area contributed by atoms with Gasteiger partial charge in [-0.25, -0.2) is 0 Å². The number of amidine groups is 1. The SMILES string of the molecule is CC(C)CC(=O)N1CCC[C@H](COc2cccc3c2C(N)=NS(=O)(=O)N3)C1.[Na]. The van der Waals surface area contributed by atoms with Gasteiger partial charge < -0.3 is 15.4 Å². The molecule has 1 saturated heterocycles. The number of rotatable bonds is 5. The van der Waals surface area contributed by atoms with Crippen LogP contribution in [0.5, 0.6) is 5.75 Å². The number of benzene rings is 1. The van der Waals surface area contributed by atoms with Crippen molar-refractivity contribution >= 4 is 57.2 Å². The minimum Gasteiger partial charge on any atom is -0.492 e. The van der Waals surface area contributed by atoms with E-state index in [1.54, 1.807) is 18.2 Å². The standard InChI is InChI=1S/C18H26N4O4S.Na/c1-12(2)9-16(23)22-8-4-5-13(10-22)11-26-15-7-3-6-14-17(15)18(19)21-27(24,25)20-14;/h3,6-7,12-13,20H,4-5,8-11H2,1-2H3,(H2,19,21);/t13-;/m0./s1. The Balaban J connectivity index is 0.00000280. The Labute approximate surface area is 188 Å². The number of amides is 1. The zero-order chi connectivity index (χ0) is 19.6. The van der Waals surface area contributed by atoms with E-state index in [9.17, 15) is 13.2 Å². The van der Waals surface area contributed by atoms with Crippen LogP contribution in [0.25, 0.3) is 0 Å². The van der Waals surface area contributed by atoms with Gasteiger partial charge >= 0.3 is 10.2 Å². The fraction of sp³-hybridized carbons (Fsp3) is 0.556. The molecule has 0 aromatic heterocycles. The molecule has 28 heavy (non-hydrogen) atoms. The van der Waals surface area contributed by atoms with Crippen molar-refractivity contribution in [3.05, 3.63) is 23.8 Å². The average molecular weight is 417 g/mol. The van der Waals surface area contributed by atoms with Gasteiger partial charge in [-0.3, -0.25) is 9.52 Å². The predicted molar refractivity (Wildman–Crippen MR) is 110 cm³/mol. The summed E-state index contributed by atoms with van der Waals surface area (Å²) in [4.78, 5) is 14.2. The van der Waals surface area contributed by atoms with Gasteiger partial charge in [0.1, 0.15) is 5.75 Å². The maximum Gasteiger partial charge on any atom is 0.344 e. The number of carbonyl (C=O) groups is 1. The Kier molecular flexibility index (Phi) is 7.78. The number of nitrogens with zero attached hydrogens (tertiary/aromatic N) is 2. The topological polar surface area (TPSA) is 114 Å². The Hall–Kier alpha value is -1.29. The molecule has 2 aliphatic rings. The van der Waals surface area contributed by atoms with E-state index < -0.39 is 10.2 Å². The van der Waals surface area contributed by atoms with Gasteiger partial charge in [-0.15, -0.1) is 4.40 Å². The van der Waals surface area contributed by atoms with Gasteiger partial charge in [0.2, 0.25) is 5.91 Å². The molecule has 1 aromatic rings. The van der Waals surface area contributed by atoms with Crippen molar-refractivity contribution in [2.45, 2.75) is 33.1 Å². The van der Waals surface area contributed by atoms with Crippen LogP contribution >= 0.6 is 0 Å². The van der Waals surface area contributed by atoms with Gasteiger partial charge in [0.05, 0.1) is 17.9 Å². The van der Waals surface area contributed by atoms with E-state index in [-0.39, 0.29) is 47.2 Å². The van der Waals surface area contributed by atoms with Crippen molar-refractivity contribution in [3.8, 4) is 5.75 Å². The molecule has 1 atom stereocenters. The van der Waals surface area contributed by atoms with Crippen molar-refractivity contribution in [2.24, 2.45) is 22.0 Å². The molecule has 3 N–H and O–H groups in total. The quantitative estimate of drug-likeness (QED) is 0.702. The van der Waals surface area contributed by atoms with Crippen LogP contribution in [0.1, 0.15) is 38.7 Å². The number of hydrogen-bond donors (Lipinski definition) is 2. The molecule has 2 aliphatic heterocycles. The molecule has 149 valence electrons. The summed E-state index contributed by atoms with van der Waals surface area (Å²) in [6, 6.07) is 5.06. The molecule has 10 heteroatoms. The number of nitrogens with two attached hydrogens (primary N) is 1. The molecule has 0 saturated carbocycles. The second-order valence-corrected chi connectivity index (χ2v) is 8.83. The maximum atomic E-state index is 12.3. The van der Waals surface area contributed by atoms with Crippen LogP contribution in [-0.2, 0) is 15.0 Å². The van der Waals surface area contributed by atoms with E-state index >= 15 is 0 Å². The molecule has 3 rings (SSSR count). The first kappa shape index (κ1) is 23.0. The van der Waals surface area contributed by atoms with Crippen molar-refractivity contribution in [2.75, 3.05) is 24.4 Å². The monoisotopic (exact) mass is 417 g/mol. The number of fused-ring (bicyclic) bond motifs is 1. The second kappa shape index (κ2) is 9.47. The molecular formula is C18H26N4NaO4S. The van der Waals surface area contributed by atoms with Gasteiger partial charge in [-0.2, -0.15) is 8.42 Å². The zero-order valence-corrected chi connectivity index (χ0v) is 19.5. The van der Waals surface area contributed by atoms with Crippen molar-refractivity contribution in [1.82, 2.24) is 4.90 Å². The van der Waals surface area contributed by atoms with Crippen LogP contribution in [0.3, 0.4) is 0 Å². The smallest absolute Gasteiger partial charge is 0.344 e. The summed E-state index contributed by atoms with van der Waals surface area (Å²) >= 11 is 0. The van der Waals surface area contributed by atoms with Crippen LogP contribution < -0.4 is 15.2 Å². The Morgan fingerprint density at radius 2 is 2.18 bits per heavy atom. The van der Waals surface area contributed by atoms with E-state index in [0.29, 0.717) is 42.5 Å². The first-order valence-electron chi connectivity index (χ1n) is 9.17. The van der Waals surface area contributed by atoms with Crippen molar-refractivity contribution < 1.29 is 17.9 Å². The molecule has 1 amide bonds. The number of likely N-dealkylation sites (tertiary alicyclic amines) is 1. The molecule has 1 fully saturated rings. The summed E-state index contributed by atoms with van der Waals surface area (Å²) < 4.78 is 35.1. The minimum absolute atomic E-state index is 0. The van der Waals surface area contributed by atoms with Gasteiger partial charge in [0.25, 0.3) is 0 Å². The van der Waals surface area contributed by atoms with E-state index in [1.165, 1.54) is 0 Å². The van der Waals surface area contributed by atoms with Gasteiger partial charge in [-0.1, -0.05) is 19.9 Å². The summed E-state index contributed by atoms with van der Waals surface area (Å²) in [5, 5.41) is 0. The third kappa shape index (κ3) is 5.62. The normalized spacial score (nSPS) is 20.5. The number of anilines is 1. The van der Waals surface area contributed by atoms with E-state index in [0.717, 1.165) is 19.4 Å². The van der Waals surface area contributed by atoms with E-state index in [1.807, 2.05) is 18.7 Å². The number of hydrogen-bond acceptors (Lipinski definition) is 5. The molecule has 0 bridgehead atoms. The number of nitrogens with one attached hydrogen (secondary N) is 1. The molecule has 0 aliphatic carbocycles. The Bertz CT molecular complexity index is 857. The van der Waals surface area contributed by atoms with Gasteiger partial charge in [-0.05, 0) is 30.9 Å². The van der Waals surface area contributed by atoms with Gasteiger partial charge in [0.15, 0.2) is 5.84 Å². The molecule has 1 radical (unpaired) electrons. The summed E-state index contributed by atoms with van der Waals surface area (Å²) in [6.45, 7) is 5.99. The molecule has 2 heterocycles. The summed E-state index contributed by atoms with van der Waals surface area (Å²) in [7, 11) is -3.81. The van der Waals surface area contributed by atoms with Gasteiger partial charge in [0, 0.05) is 55.0 Å². The average Bonchev–Trinajstić information content (AvgIpc) is 2.58. The summed E-state index contributed by atoms with van der Waals surface area (Å²) in [5.41, 5.74) is 6.65. The molecule has 0 spiro atoms. The third-order valence-corrected chi connectivity index (χ3v) is 5.58. The second-order valence-electron chi connectivity index (χ2n) is 7.49. The first-order chi connectivity index (χ1) is 12.7. The predicted octanol–water partition coefficient (Wildman–Crippen LogP) is 1.34. The maximum absolute atomic E-state index is 12.3. The molecule has 1 aromatic carbocycles. The number of piperidine rings is 1. The first-order valence-corrected chi connectivity index (χ1v) is 10.6. The van der Waals surface area contributed by atoms with Crippen LogP contribution in [0.2, 0.25) is 0 Å². The van der Waals surface area contributed by atoms with E-state index in [2.05, 4.69) is 9.12 Å². The number of carbonyl (C=O) groups excluding carboxylic acids is 1. The fourth-order valence-electron chi connectivity index (χ4n) is 3.45. The summed E-state index contributed by atoms with van der Waals surface area (Å²) in [5.74, 6) is 1.16. The Morgan fingerprint density at radius 3 is 2.89 bits per heavy atom. The fourth-order valence-corrected chi connectivity index (χ4v) is 4.30.